The fourth-order valence-corrected chi connectivity index (χ4v) is 2.79. The molecule has 3 heterocycles. The largest absolute Gasteiger partial charge is 0.396 e. The van der Waals surface area contributed by atoms with Gasteiger partial charge in [-0.15, -0.1) is 0 Å². The van der Waals surface area contributed by atoms with Crippen LogP contribution in [0.15, 0.2) is 24.4 Å². The second-order valence-corrected chi connectivity index (χ2v) is 5.12. The van der Waals surface area contributed by atoms with E-state index in [4.69, 9.17) is 4.98 Å². The van der Waals surface area contributed by atoms with Gasteiger partial charge in [-0.1, -0.05) is 6.07 Å². The van der Waals surface area contributed by atoms with Gasteiger partial charge in [0.1, 0.15) is 5.65 Å². The van der Waals surface area contributed by atoms with Crippen molar-refractivity contribution in [3.05, 3.63) is 30.1 Å². The van der Waals surface area contributed by atoms with E-state index in [1.165, 1.54) is 5.69 Å². The molecule has 102 valence electrons. The molecule has 19 heavy (non-hydrogen) atoms. The zero-order chi connectivity index (χ0) is 13.2. The van der Waals surface area contributed by atoms with Gasteiger partial charge < -0.3 is 19.7 Å². The van der Waals surface area contributed by atoms with E-state index in [0.717, 1.165) is 37.5 Å². The summed E-state index contributed by atoms with van der Waals surface area (Å²) in [4.78, 5) is 7.04. The molecule has 2 N–H and O–H groups in total. The zero-order valence-corrected chi connectivity index (χ0v) is 11.2. The average molecular weight is 260 g/mol. The van der Waals surface area contributed by atoms with Gasteiger partial charge in [-0.05, 0) is 25.6 Å². The third-order valence-corrected chi connectivity index (χ3v) is 3.80. The smallest absolute Gasteiger partial charge is 0.152 e. The van der Waals surface area contributed by atoms with Crippen molar-refractivity contribution in [2.45, 2.75) is 13.0 Å². The first-order valence-electron chi connectivity index (χ1n) is 6.80. The topological polar surface area (TPSA) is 52.8 Å². The standard InChI is InChI=1S/C14H20N4O/c1-15-8-12-14(17-7-5-11(9-17)10-19)16-13-4-2-3-6-18(12)13/h2-4,6,11,15,19H,5,7-10H2,1H3. The van der Waals surface area contributed by atoms with Crippen LogP contribution >= 0.6 is 0 Å². The number of hydrogen-bond donors (Lipinski definition) is 2. The van der Waals surface area contributed by atoms with Crippen LogP contribution in [0.25, 0.3) is 5.65 Å². The number of aliphatic hydroxyl groups is 1. The van der Waals surface area contributed by atoms with Crippen LogP contribution in [0.1, 0.15) is 12.1 Å². The molecule has 3 rings (SSSR count). The van der Waals surface area contributed by atoms with Crippen LogP contribution in [-0.2, 0) is 6.54 Å². The first-order chi connectivity index (χ1) is 9.33. The van der Waals surface area contributed by atoms with E-state index < -0.39 is 0 Å². The molecule has 1 aliphatic heterocycles. The fraction of sp³-hybridized carbons (Fsp3) is 0.500. The van der Waals surface area contributed by atoms with Gasteiger partial charge in [0.25, 0.3) is 0 Å². The van der Waals surface area contributed by atoms with Gasteiger partial charge in [-0.25, -0.2) is 4.98 Å². The van der Waals surface area contributed by atoms with Crippen molar-refractivity contribution < 1.29 is 5.11 Å². The molecule has 0 aromatic carbocycles. The lowest BCUT2D eigenvalue weighted by molar-refractivity contribution is 0.238. The summed E-state index contributed by atoms with van der Waals surface area (Å²) in [6, 6.07) is 6.07. The molecule has 0 saturated carbocycles. The Morgan fingerprint density at radius 1 is 1.47 bits per heavy atom. The first-order valence-corrected chi connectivity index (χ1v) is 6.80. The number of anilines is 1. The Labute approximate surface area is 112 Å². The van der Waals surface area contributed by atoms with E-state index in [1.54, 1.807) is 0 Å². The predicted octanol–water partition coefficient (Wildman–Crippen LogP) is 0.872. The van der Waals surface area contributed by atoms with E-state index in [2.05, 4.69) is 20.8 Å². The minimum atomic E-state index is 0.269. The zero-order valence-electron chi connectivity index (χ0n) is 11.2. The molecule has 0 radical (unpaired) electrons. The lowest BCUT2D eigenvalue weighted by atomic mass is 10.1. The number of aliphatic hydroxyl groups excluding tert-OH is 1. The molecule has 0 aliphatic carbocycles. The third-order valence-electron chi connectivity index (χ3n) is 3.80. The van der Waals surface area contributed by atoms with E-state index in [-0.39, 0.29) is 6.61 Å². The lowest BCUT2D eigenvalue weighted by Crippen LogP contribution is -2.23. The highest BCUT2D eigenvalue weighted by Crippen LogP contribution is 2.27. The van der Waals surface area contributed by atoms with E-state index >= 15 is 0 Å². The summed E-state index contributed by atoms with van der Waals surface area (Å²) in [6.45, 7) is 2.94. The summed E-state index contributed by atoms with van der Waals surface area (Å²) >= 11 is 0. The second-order valence-electron chi connectivity index (χ2n) is 5.12. The second kappa shape index (κ2) is 5.19. The number of pyridine rings is 1. The van der Waals surface area contributed by atoms with E-state index in [0.29, 0.717) is 5.92 Å². The minimum Gasteiger partial charge on any atom is -0.396 e. The fourth-order valence-electron chi connectivity index (χ4n) is 2.79. The Hall–Kier alpha value is -1.59. The van der Waals surface area contributed by atoms with Crippen molar-refractivity contribution in [2.24, 2.45) is 5.92 Å². The number of rotatable bonds is 4. The first kappa shape index (κ1) is 12.4. The summed E-state index contributed by atoms with van der Waals surface area (Å²) in [6.07, 6.45) is 3.10. The van der Waals surface area contributed by atoms with Crippen molar-refractivity contribution in [1.29, 1.82) is 0 Å². The van der Waals surface area contributed by atoms with Crippen molar-refractivity contribution >= 4 is 11.5 Å². The van der Waals surface area contributed by atoms with Gasteiger partial charge in [-0.3, -0.25) is 0 Å². The van der Waals surface area contributed by atoms with Crippen LogP contribution in [0.2, 0.25) is 0 Å². The quantitative estimate of drug-likeness (QED) is 0.856. The summed E-state index contributed by atoms with van der Waals surface area (Å²) in [5.74, 6) is 1.43. The Morgan fingerprint density at radius 3 is 3.11 bits per heavy atom. The molecule has 1 aliphatic rings. The monoisotopic (exact) mass is 260 g/mol. The van der Waals surface area contributed by atoms with Crippen LogP contribution in [-0.4, -0.2) is 41.2 Å². The summed E-state index contributed by atoms with van der Waals surface area (Å²) < 4.78 is 2.14. The molecule has 0 amide bonds. The van der Waals surface area contributed by atoms with Crippen LogP contribution < -0.4 is 10.2 Å². The summed E-state index contributed by atoms with van der Waals surface area (Å²) in [5, 5.41) is 12.5. The number of aromatic nitrogens is 2. The molecule has 1 unspecified atom stereocenters. The third kappa shape index (κ3) is 2.19. The average Bonchev–Trinajstić information content (AvgIpc) is 3.04. The van der Waals surface area contributed by atoms with E-state index in [9.17, 15) is 5.11 Å². The van der Waals surface area contributed by atoms with Crippen LogP contribution in [0.5, 0.6) is 0 Å². The highest BCUT2D eigenvalue weighted by Gasteiger charge is 2.26. The van der Waals surface area contributed by atoms with Crippen LogP contribution in [0, 0.1) is 5.92 Å². The number of nitrogens with one attached hydrogen (secondary N) is 1. The Kier molecular flexibility index (Phi) is 3.40. The molecule has 1 atom stereocenters. The molecule has 0 spiro atoms. The van der Waals surface area contributed by atoms with Crippen molar-refractivity contribution in [2.75, 3.05) is 31.6 Å². The maximum atomic E-state index is 9.28. The SMILES string of the molecule is CNCc1c(N2CCC(CO)C2)nc2ccccn12. The Bertz CT molecular complexity index is 566. The molecule has 0 bridgehead atoms. The highest BCUT2D eigenvalue weighted by molar-refractivity contribution is 5.56. The van der Waals surface area contributed by atoms with Gasteiger partial charge >= 0.3 is 0 Å². The number of imidazole rings is 1. The molecule has 2 aromatic rings. The molecule has 1 saturated heterocycles. The number of nitrogens with zero attached hydrogens (tertiary/aromatic N) is 3. The molecule has 2 aromatic heterocycles. The Balaban J connectivity index is 2.00. The number of fused-ring (bicyclic) bond motifs is 1. The van der Waals surface area contributed by atoms with Gasteiger partial charge in [0.15, 0.2) is 5.82 Å². The maximum absolute atomic E-state index is 9.28. The minimum absolute atomic E-state index is 0.269. The van der Waals surface area contributed by atoms with Crippen LogP contribution in [0.3, 0.4) is 0 Å². The number of hydrogen-bond acceptors (Lipinski definition) is 4. The van der Waals surface area contributed by atoms with Crippen molar-refractivity contribution in [3.63, 3.8) is 0 Å². The molecule has 5 nitrogen and oxygen atoms in total. The molecular weight excluding hydrogens is 240 g/mol. The molecular formula is C14H20N4O. The normalized spacial score (nSPS) is 19.5. The predicted molar refractivity (Wildman–Crippen MR) is 75.4 cm³/mol. The summed E-state index contributed by atoms with van der Waals surface area (Å²) in [7, 11) is 1.95. The lowest BCUT2D eigenvalue weighted by Gasteiger charge is -2.17. The molecule has 5 heteroatoms. The van der Waals surface area contributed by atoms with E-state index in [1.807, 2.05) is 25.2 Å². The van der Waals surface area contributed by atoms with Gasteiger partial charge in [-0.2, -0.15) is 0 Å². The summed E-state index contributed by atoms with van der Waals surface area (Å²) in [5.41, 5.74) is 2.17. The van der Waals surface area contributed by atoms with Gasteiger partial charge in [0.05, 0.1) is 5.69 Å². The van der Waals surface area contributed by atoms with Gasteiger partial charge in [0.2, 0.25) is 0 Å². The van der Waals surface area contributed by atoms with Crippen molar-refractivity contribution in [3.8, 4) is 0 Å². The van der Waals surface area contributed by atoms with Crippen molar-refractivity contribution in [1.82, 2.24) is 14.7 Å². The van der Waals surface area contributed by atoms with Crippen LogP contribution in [0.4, 0.5) is 5.82 Å². The maximum Gasteiger partial charge on any atom is 0.152 e. The Morgan fingerprint density at radius 2 is 2.37 bits per heavy atom. The molecule has 1 fully saturated rings. The highest BCUT2D eigenvalue weighted by atomic mass is 16.3. The van der Waals surface area contributed by atoms with Gasteiger partial charge in [0, 0.05) is 38.4 Å².